The molecule has 0 aromatic rings. The summed E-state index contributed by atoms with van der Waals surface area (Å²) in [5.41, 5.74) is 6.13. The summed E-state index contributed by atoms with van der Waals surface area (Å²) in [7, 11) is 0. The molecule has 2 N–H and O–H groups in total. The topological polar surface area (TPSA) is 46.3 Å². The lowest BCUT2D eigenvalue weighted by molar-refractivity contribution is -0.134. The van der Waals surface area contributed by atoms with Crippen molar-refractivity contribution in [2.45, 2.75) is 64.3 Å². The molecule has 0 aromatic heterocycles. The molecule has 98 valence electrons. The molecule has 1 aliphatic heterocycles. The third-order valence-electron chi connectivity index (χ3n) is 4.45. The van der Waals surface area contributed by atoms with Crippen molar-refractivity contribution in [2.75, 3.05) is 13.1 Å². The van der Waals surface area contributed by atoms with Crippen molar-refractivity contribution in [1.82, 2.24) is 4.90 Å². The van der Waals surface area contributed by atoms with Crippen LogP contribution < -0.4 is 5.73 Å². The van der Waals surface area contributed by atoms with Crippen LogP contribution in [0.2, 0.25) is 0 Å². The number of nitrogens with two attached hydrogens (primary N) is 1. The number of nitrogens with zero attached hydrogens (tertiary/aromatic N) is 1. The Morgan fingerprint density at radius 2 is 1.71 bits per heavy atom. The van der Waals surface area contributed by atoms with Crippen LogP contribution >= 0.6 is 0 Å². The largest absolute Gasteiger partial charge is 0.343 e. The average Bonchev–Trinajstić information content (AvgIpc) is 2.65. The molecule has 1 aliphatic carbocycles. The number of likely N-dealkylation sites (tertiary alicyclic amines) is 1. The van der Waals surface area contributed by atoms with Gasteiger partial charge in [0.15, 0.2) is 0 Å². The molecule has 17 heavy (non-hydrogen) atoms. The van der Waals surface area contributed by atoms with Gasteiger partial charge in [0.25, 0.3) is 0 Å². The minimum Gasteiger partial charge on any atom is -0.343 e. The van der Waals surface area contributed by atoms with Crippen molar-refractivity contribution in [1.29, 1.82) is 0 Å². The number of hydrogen-bond acceptors (Lipinski definition) is 2. The Labute approximate surface area is 105 Å². The van der Waals surface area contributed by atoms with Crippen LogP contribution in [0.5, 0.6) is 0 Å². The summed E-state index contributed by atoms with van der Waals surface area (Å²) in [6.07, 6.45) is 8.45. The Kier molecular flexibility index (Phi) is 3.48. The lowest BCUT2D eigenvalue weighted by Crippen LogP contribution is -2.46. The van der Waals surface area contributed by atoms with Gasteiger partial charge in [-0.2, -0.15) is 0 Å². The Morgan fingerprint density at radius 1 is 1.18 bits per heavy atom. The molecule has 3 heteroatoms. The zero-order valence-corrected chi connectivity index (χ0v) is 11.3. The third kappa shape index (κ3) is 3.21. The van der Waals surface area contributed by atoms with Crippen LogP contribution in [0.25, 0.3) is 0 Å². The van der Waals surface area contributed by atoms with E-state index >= 15 is 0 Å². The average molecular weight is 238 g/mol. The fourth-order valence-corrected chi connectivity index (χ4v) is 3.36. The van der Waals surface area contributed by atoms with Crippen molar-refractivity contribution in [3.8, 4) is 0 Å². The highest BCUT2D eigenvalue weighted by molar-refractivity contribution is 5.77. The van der Waals surface area contributed by atoms with Gasteiger partial charge in [-0.25, -0.2) is 0 Å². The summed E-state index contributed by atoms with van der Waals surface area (Å²) in [5.74, 6) is 0.241. The number of piperidine rings is 1. The van der Waals surface area contributed by atoms with Gasteiger partial charge in [-0.15, -0.1) is 0 Å². The molecule has 0 radical (unpaired) electrons. The molecular weight excluding hydrogens is 212 g/mol. The lowest BCUT2D eigenvalue weighted by atomic mass is 9.77. The van der Waals surface area contributed by atoms with E-state index in [1.165, 1.54) is 38.5 Å². The maximum absolute atomic E-state index is 12.1. The fraction of sp³-hybridized carbons (Fsp3) is 0.929. The van der Waals surface area contributed by atoms with Crippen LogP contribution in [0.1, 0.15) is 58.8 Å². The molecule has 2 aliphatic rings. The number of carbonyl (C=O) groups is 1. The van der Waals surface area contributed by atoms with E-state index in [2.05, 4.69) is 0 Å². The number of amides is 1. The zero-order chi connectivity index (χ0) is 12.5. The molecule has 2 rings (SSSR count). The number of hydrogen-bond donors (Lipinski definition) is 1. The van der Waals surface area contributed by atoms with E-state index in [4.69, 9.17) is 5.73 Å². The van der Waals surface area contributed by atoms with Crippen molar-refractivity contribution >= 4 is 5.91 Å². The summed E-state index contributed by atoms with van der Waals surface area (Å²) < 4.78 is 0. The minimum absolute atomic E-state index is 0.241. The standard InChI is InChI=1S/C14H26N2O/c1-13(2,15)11-12(17)16-9-7-14(8-10-16)5-3-4-6-14/h3-11,15H2,1-2H3. The summed E-state index contributed by atoms with van der Waals surface area (Å²) in [6.45, 7) is 5.75. The predicted molar refractivity (Wildman–Crippen MR) is 69.6 cm³/mol. The van der Waals surface area contributed by atoms with Gasteiger partial charge in [-0.05, 0) is 44.9 Å². The first kappa shape index (κ1) is 12.9. The zero-order valence-electron chi connectivity index (χ0n) is 11.3. The molecule has 0 unspecified atom stereocenters. The second-order valence-corrected chi connectivity index (χ2v) is 6.75. The smallest absolute Gasteiger partial charge is 0.224 e. The molecular formula is C14H26N2O. The van der Waals surface area contributed by atoms with Crippen molar-refractivity contribution < 1.29 is 4.79 Å². The normalized spacial score (nSPS) is 24.3. The number of carbonyl (C=O) groups excluding carboxylic acids is 1. The highest BCUT2D eigenvalue weighted by Crippen LogP contribution is 2.46. The van der Waals surface area contributed by atoms with Crippen molar-refractivity contribution in [3.63, 3.8) is 0 Å². The Hall–Kier alpha value is -0.570. The van der Waals surface area contributed by atoms with Crippen molar-refractivity contribution in [3.05, 3.63) is 0 Å². The van der Waals surface area contributed by atoms with Gasteiger partial charge >= 0.3 is 0 Å². The van der Waals surface area contributed by atoms with E-state index in [0.29, 0.717) is 11.8 Å². The molecule has 1 amide bonds. The molecule has 0 bridgehead atoms. The van der Waals surface area contributed by atoms with Gasteiger partial charge in [0.1, 0.15) is 0 Å². The fourth-order valence-electron chi connectivity index (χ4n) is 3.36. The van der Waals surface area contributed by atoms with Gasteiger partial charge in [0.05, 0.1) is 0 Å². The van der Waals surface area contributed by atoms with Crippen LogP contribution in [0, 0.1) is 5.41 Å². The third-order valence-corrected chi connectivity index (χ3v) is 4.45. The van der Waals surface area contributed by atoms with Crippen LogP contribution in [0.3, 0.4) is 0 Å². The molecule has 0 atom stereocenters. The van der Waals surface area contributed by atoms with E-state index < -0.39 is 0 Å². The molecule has 2 fully saturated rings. The van der Waals surface area contributed by atoms with E-state index in [0.717, 1.165) is 13.1 Å². The van der Waals surface area contributed by atoms with Crippen LogP contribution in [0.15, 0.2) is 0 Å². The highest BCUT2D eigenvalue weighted by atomic mass is 16.2. The molecule has 1 saturated carbocycles. The molecule has 0 aromatic carbocycles. The second kappa shape index (κ2) is 4.60. The summed E-state index contributed by atoms with van der Waals surface area (Å²) in [4.78, 5) is 14.1. The first-order valence-corrected chi connectivity index (χ1v) is 6.97. The first-order valence-electron chi connectivity index (χ1n) is 6.97. The first-order chi connectivity index (χ1) is 7.90. The monoisotopic (exact) mass is 238 g/mol. The summed E-state index contributed by atoms with van der Waals surface area (Å²) in [6, 6.07) is 0. The minimum atomic E-state index is -0.375. The quantitative estimate of drug-likeness (QED) is 0.802. The van der Waals surface area contributed by atoms with E-state index in [9.17, 15) is 4.79 Å². The van der Waals surface area contributed by atoms with Crippen LogP contribution in [-0.2, 0) is 4.79 Å². The van der Waals surface area contributed by atoms with Gasteiger partial charge in [0, 0.05) is 25.0 Å². The van der Waals surface area contributed by atoms with Crippen molar-refractivity contribution in [2.24, 2.45) is 11.1 Å². The summed E-state index contributed by atoms with van der Waals surface area (Å²) in [5, 5.41) is 0. The van der Waals surface area contributed by atoms with Gasteiger partial charge in [0.2, 0.25) is 5.91 Å². The molecule has 1 saturated heterocycles. The maximum atomic E-state index is 12.1. The summed E-state index contributed by atoms with van der Waals surface area (Å²) >= 11 is 0. The van der Waals surface area contributed by atoms with Crippen LogP contribution in [-0.4, -0.2) is 29.4 Å². The van der Waals surface area contributed by atoms with E-state index in [-0.39, 0.29) is 11.4 Å². The Balaban J connectivity index is 1.84. The Morgan fingerprint density at radius 3 is 2.18 bits per heavy atom. The second-order valence-electron chi connectivity index (χ2n) is 6.75. The molecule has 1 heterocycles. The number of rotatable bonds is 2. The van der Waals surface area contributed by atoms with Gasteiger partial charge in [-0.3, -0.25) is 4.79 Å². The highest BCUT2D eigenvalue weighted by Gasteiger charge is 2.38. The van der Waals surface area contributed by atoms with Crippen LogP contribution in [0.4, 0.5) is 0 Å². The lowest BCUT2D eigenvalue weighted by Gasteiger charge is -2.40. The van der Waals surface area contributed by atoms with Gasteiger partial charge < -0.3 is 10.6 Å². The SMILES string of the molecule is CC(C)(N)CC(=O)N1CCC2(CCCC2)CC1. The van der Waals surface area contributed by atoms with E-state index in [1.54, 1.807) is 0 Å². The van der Waals surface area contributed by atoms with Gasteiger partial charge in [-0.1, -0.05) is 12.8 Å². The molecule has 1 spiro atoms. The Bertz CT molecular complexity index is 277. The van der Waals surface area contributed by atoms with E-state index in [1.807, 2.05) is 18.7 Å². The predicted octanol–water partition coefficient (Wildman–Crippen LogP) is 2.30. The maximum Gasteiger partial charge on any atom is 0.224 e. The molecule has 3 nitrogen and oxygen atoms in total.